The highest BCUT2D eigenvalue weighted by Crippen LogP contribution is 2.18. The summed E-state index contributed by atoms with van der Waals surface area (Å²) < 4.78 is 6.85. The summed E-state index contributed by atoms with van der Waals surface area (Å²) in [5.74, 6) is -0.214. The molecule has 2 heterocycles. The smallest absolute Gasteiger partial charge is 0.319 e. The van der Waals surface area contributed by atoms with Crippen LogP contribution in [-0.4, -0.2) is 41.0 Å². The number of benzene rings is 2. The molecule has 178 valence electrons. The molecule has 3 aromatic rings. The number of rotatable bonds is 7. The molecule has 1 aliphatic heterocycles. The van der Waals surface area contributed by atoms with E-state index in [1.165, 1.54) is 4.68 Å². The first-order valence-electron chi connectivity index (χ1n) is 11.5. The van der Waals surface area contributed by atoms with Crippen LogP contribution < -0.4 is 21.5 Å². The third kappa shape index (κ3) is 5.60. The first kappa shape index (κ1) is 23.4. The van der Waals surface area contributed by atoms with Crippen molar-refractivity contribution in [1.29, 1.82) is 0 Å². The Morgan fingerprint density at radius 2 is 1.74 bits per heavy atom. The number of hydrogen-bond donors (Lipinski definition) is 3. The van der Waals surface area contributed by atoms with Crippen molar-refractivity contribution in [3.05, 3.63) is 64.6 Å². The van der Waals surface area contributed by atoms with Gasteiger partial charge >= 0.3 is 6.03 Å². The van der Waals surface area contributed by atoms with Crippen LogP contribution in [0.5, 0.6) is 0 Å². The Balaban J connectivity index is 1.45. The van der Waals surface area contributed by atoms with Crippen LogP contribution in [0.15, 0.2) is 53.3 Å². The van der Waals surface area contributed by atoms with Crippen LogP contribution in [0.4, 0.5) is 16.2 Å². The molecular formula is C25H29N5O4. The quantitative estimate of drug-likeness (QED) is 0.495. The Kier molecular flexibility index (Phi) is 7.22. The van der Waals surface area contributed by atoms with Crippen molar-refractivity contribution < 1.29 is 14.3 Å². The van der Waals surface area contributed by atoms with Gasteiger partial charge in [-0.2, -0.15) is 5.10 Å². The highest BCUT2D eigenvalue weighted by molar-refractivity contribution is 6.11. The number of fused-ring (bicyclic) bond motifs is 1. The number of carbonyl (C=O) groups excluding carboxylic acids is 2. The molecule has 3 N–H and O–H groups in total. The summed E-state index contributed by atoms with van der Waals surface area (Å²) in [6.45, 7) is 5.60. The molecule has 0 spiro atoms. The van der Waals surface area contributed by atoms with Crippen molar-refractivity contribution >= 4 is 34.1 Å². The van der Waals surface area contributed by atoms with Crippen LogP contribution in [0.3, 0.4) is 0 Å². The second-order valence-electron chi connectivity index (χ2n) is 8.78. The molecule has 3 amide bonds. The van der Waals surface area contributed by atoms with Crippen LogP contribution in [0.1, 0.15) is 37.2 Å². The van der Waals surface area contributed by atoms with Crippen LogP contribution in [0, 0.1) is 5.92 Å². The Bertz CT molecular complexity index is 1230. The van der Waals surface area contributed by atoms with Crippen LogP contribution in [0.25, 0.3) is 10.8 Å². The second-order valence-corrected chi connectivity index (χ2v) is 8.78. The molecule has 34 heavy (non-hydrogen) atoms. The van der Waals surface area contributed by atoms with E-state index >= 15 is 0 Å². The first-order valence-corrected chi connectivity index (χ1v) is 11.5. The van der Waals surface area contributed by atoms with Gasteiger partial charge in [-0.25, -0.2) is 9.48 Å². The number of hydrogen-bond acceptors (Lipinski definition) is 5. The van der Waals surface area contributed by atoms with Gasteiger partial charge in [-0.3, -0.25) is 9.59 Å². The van der Waals surface area contributed by atoms with Crippen molar-refractivity contribution in [3.63, 3.8) is 0 Å². The number of ether oxygens (including phenoxy) is 1. The fraction of sp³-hybridized carbons (Fsp3) is 0.360. The highest BCUT2D eigenvalue weighted by Gasteiger charge is 2.18. The standard InChI is InChI=1S/C25H29N5O4/c1-16(2)15-30-24(32)21-8-4-3-7-20(21)22(29-30)23(31)27-17-9-11-18(12-10-17)28-25(33)26-14-19-6-5-13-34-19/h3-4,7-12,16,19H,5-6,13-15H2,1-2H3,(H,27,31)(H2,26,28,33). The van der Waals surface area contributed by atoms with Crippen molar-refractivity contribution in [2.24, 2.45) is 5.92 Å². The lowest BCUT2D eigenvalue weighted by atomic mass is 10.1. The van der Waals surface area contributed by atoms with Crippen molar-refractivity contribution in [2.45, 2.75) is 39.3 Å². The fourth-order valence-electron chi connectivity index (χ4n) is 3.89. The number of aromatic nitrogens is 2. The minimum absolute atomic E-state index is 0.0722. The number of amides is 3. The SMILES string of the molecule is CC(C)Cn1nc(C(=O)Nc2ccc(NC(=O)NCC3CCCO3)cc2)c2ccccc2c1=O. The lowest BCUT2D eigenvalue weighted by Gasteiger charge is -2.13. The predicted molar refractivity (Wildman–Crippen MR) is 131 cm³/mol. The number of nitrogens with one attached hydrogen (secondary N) is 3. The molecule has 1 atom stereocenters. The number of urea groups is 1. The summed E-state index contributed by atoms with van der Waals surface area (Å²) in [5, 5.41) is 13.7. The lowest BCUT2D eigenvalue weighted by Crippen LogP contribution is -2.35. The normalized spacial score (nSPS) is 15.4. The third-order valence-electron chi connectivity index (χ3n) is 5.54. The minimum atomic E-state index is -0.413. The zero-order valence-electron chi connectivity index (χ0n) is 19.3. The Labute approximate surface area is 197 Å². The molecule has 2 aromatic carbocycles. The first-order chi connectivity index (χ1) is 16.4. The Morgan fingerprint density at radius 1 is 1.06 bits per heavy atom. The van der Waals surface area contributed by atoms with Gasteiger partial charge in [0.05, 0.1) is 11.5 Å². The van der Waals surface area contributed by atoms with E-state index in [1.807, 2.05) is 13.8 Å². The van der Waals surface area contributed by atoms with Gasteiger partial charge in [0.25, 0.3) is 11.5 Å². The highest BCUT2D eigenvalue weighted by atomic mass is 16.5. The van der Waals surface area contributed by atoms with E-state index in [4.69, 9.17) is 4.74 Å². The van der Waals surface area contributed by atoms with Gasteiger partial charge in [-0.15, -0.1) is 0 Å². The average molecular weight is 464 g/mol. The lowest BCUT2D eigenvalue weighted by molar-refractivity contribution is 0.102. The maximum absolute atomic E-state index is 13.1. The van der Waals surface area contributed by atoms with Crippen LogP contribution in [0.2, 0.25) is 0 Å². The van der Waals surface area contributed by atoms with Crippen LogP contribution in [-0.2, 0) is 11.3 Å². The molecule has 1 fully saturated rings. The van der Waals surface area contributed by atoms with E-state index in [2.05, 4.69) is 21.0 Å². The summed E-state index contributed by atoms with van der Waals surface area (Å²) in [4.78, 5) is 37.9. The summed E-state index contributed by atoms with van der Waals surface area (Å²) in [7, 11) is 0. The molecular weight excluding hydrogens is 434 g/mol. The third-order valence-corrected chi connectivity index (χ3v) is 5.54. The fourth-order valence-corrected chi connectivity index (χ4v) is 3.89. The maximum atomic E-state index is 13.1. The second kappa shape index (κ2) is 10.5. The molecule has 9 heteroatoms. The molecule has 1 saturated heterocycles. The van der Waals surface area contributed by atoms with E-state index in [1.54, 1.807) is 48.5 Å². The number of anilines is 2. The zero-order chi connectivity index (χ0) is 24.1. The minimum Gasteiger partial charge on any atom is -0.376 e. The van der Waals surface area contributed by atoms with Gasteiger partial charge < -0.3 is 20.7 Å². The van der Waals surface area contributed by atoms with Gasteiger partial charge in [0.1, 0.15) is 0 Å². The number of nitrogens with zero attached hydrogens (tertiary/aromatic N) is 2. The summed E-state index contributed by atoms with van der Waals surface area (Å²) >= 11 is 0. The summed E-state index contributed by atoms with van der Waals surface area (Å²) in [5.41, 5.74) is 1.11. The zero-order valence-corrected chi connectivity index (χ0v) is 19.3. The van der Waals surface area contributed by atoms with E-state index < -0.39 is 5.91 Å². The molecule has 9 nitrogen and oxygen atoms in total. The molecule has 1 unspecified atom stereocenters. The van der Waals surface area contributed by atoms with Crippen molar-refractivity contribution in [1.82, 2.24) is 15.1 Å². The van der Waals surface area contributed by atoms with Crippen molar-refractivity contribution in [2.75, 3.05) is 23.8 Å². The van der Waals surface area contributed by atoms with E-state index in [9.17, 15) is 14.4 Å². The van der Waals surface area contributed by atoms with Gasteiger partial charge in [-0.05, 0) is 49.1 Å². The molecule has 0 bridgehead atoms. The summed E-state index contributed by atoms with van der Waals surface area (Å²) in [6, 6.07) is 13.5. The van der Waals surface area contributed by atoms with Gasteiger partial charge in [-0.1, -0.05) is 32.0 Å². The predicted octanol–water partition coefficient (Wildman–Crippen LogP) is 3.61. The van der Waals surface area contributed by atoms with Crippen molar-refractivity contribution in [3.8, 4) is 0 Å². The molecule has 0 radical (unpaired) electrons. The molecule has 1 aromatic heterocycles. The topological polar surface area (TPSA) is 114 Å². The molecule has 0 aliphatic carbocycles. The molecule has 1 aliphatic rings. The van der Waals surface area contributed by atoms with Gasteiger partial charge in [0, 0.05) is 36.5 Å². The van der Waals surface area contributed by atoms with Gasteiger partial charge in [0.2, 0.25) is 0 Å². The largest absolute Gasteiger partial charge is 0.376 e. The van der Waals surface area contributed by atoms with Gasteiger partial charge in [0.15, 0.2) is 5.69 Å². The van der Waals surface area contributed by atoms with E-state index in [0.29, 0.717) is 35.2 Å². The monoisotopic (exact) mass is 463 g/mol. The average Bonchev–Trinajstić information content (AvgIpc) is 3.34. The summed E-state index contributed by atoms with van der Waals surface area (Å²) in [6.07, 6.45) is 2.04. The van der Waals surface area contributed by atoms with Crippen LogP contribution >= 0.6 is 0 Å². The maximum Gasteiger partial charge on any atom is 0.319 e. The number of carbonyl (C=O) groups is 2. The van der Waals surface area contributed by atoms with E-state index in [0.717, 1.165) is 19.4 Å². The Hall–Kier alpha value is -3.72. The molecule has 0 saturated carbocycles. The van der Waals surface area contributed by atoms with E-state index in [-0.39, 0.29) is 29.3 Å². The molecule has 4 rings (SSSR count). The Morgan fingerprint density at radius 3 is 2.38 bits per heavy atom.